The Hall–Kier alpha value is -3.52. The second-order valence-corrected chi connectivity index (χ2v) is 8.05. The number of nitrogens with one attached hydrogen (secondary N) is 3. The van der Waals surface area contributed by atoms with Crippen LogP contribution >= 0.6 is 11.6 Å². The normalized spacial score (nSPS) is 16.0. The quantitative estimate of drug-likeness (QED) is 0.534. The monoisotopic (exact) mass is 453 g/mol. The molecule has 1 atom stereocenters. The molecule has 3 N–H and O–H groups in total. The van der Waals surface area contributed by atoms with Gasteiger partial charge in [0.15, 0.2) is 0 Å². The molecule has 1 aliphatic heterocycles. The third-order valence-corrected chi connectivity index (χ3v) is 5.66. The number of aryl methyl sites for hydroxylation is 1. The van der Waals surface area contributed by atoms with E-state index in [-0.39, 0.29) is 24.4 Å². The second kappa shape index (κ2) is 9.32. The number of hydrogen-bond acceptors (Lipinski definition) is 4. The lowest BCUT2D eigenvalue weighted by Gasteiger charge is -2.32. The predicted octanol–water partition coefficient (Wildman–Crippen LogP) is 4.36. The number of anilines is 2. The minimum absolute atomic E-state index is 0.0627. The van der Waals surface area contributed by atoms with Crippen LogP contribution in [-0.4, -0.2) is 41.8 Å². The zero-order chi connectivity index (χ0) is 22.7. The number of carbonyl (C=O) groups excluding carboxylic acids is 2. The van der Waals surface area contributed by atoms with Crippen LogP contribution < -0.4 is 20.3 Å². The van der Waals surface area contributed by atoms with Crippen molar-refractivity contribution in [2.45, 2.75) is 25.8 Å². The molecular weight excluding hydrogens is 430 g/mol. The van der Waals surface area contributed by atoms with E-state index in [9.17, 15) is 9.59 Å². The highest BCUT2D eigenvalue weighted by molar-refractivity contribution is 6.30. The van der Waals surface area contributed by atoms with E-state index in [1.54, 1.807) is 36.3 Å². The van der Waals surface area contributed by atoms with Crippen LogP contribution in [0.15, 0.2) is 48.5 Å². The number of aromatic nitrogens is 2. The van der Waals surface area contributed by atoms with Gasteiger partial charge in [0, 0.05) is 35.3 Å². The molecule has 0 aliphatic carbocycles. The molecule has 0 bridgehead atoms. The molecule has 166 valence electrons. The third kappa shape index (κ3) is 4.70. The van der Waals surface area contributed by atoms with E-state index in [0.29, 0.717) is 29.4 Å². The molecule has 0 saturated carbocycles. The molecule has 4 rings (SSSR count). The van der Waals surface area contributed by atoms with Gasteiger partial charge in [0.1, 0.15) is 11.4 Å². The van der Waals surface area contributed by atoms with Gasteiger partial charge in [-0.25, -0.2) is 4.79 Å². The Kier molecular flexibility index (Phi) is 6.32. The summed E-state index contributed by atoms with van der Waals surface area (Å²) in [5.41, 5.74) is 3.82. The maximum absolute atomic E-state index is 13.0. The largest absolute Gasteiger partial charge is 0.497 e. The molecule has 1 fully saturated rings. The van der Waals surface area contributed by atoms with Gasteiger partial charge in [-0.05, 0) is 61.9 Å². The van der Waals surface area contributed by atoms with E-state index in [2.05, 4.69) is 20.8 Å². The summed E-state index contributed by atoms with van der Waals surface area (Å²) in [6.07, 6.45) is 0.840. The minimum atomic E-state index is -0.350. The number of hydrogen-bond donors (Lipinski definition) is 3. The van der Waals surface area contributed by atoms with Gasteiger partial charge in [0.05, 0.1) is 18.5 Å². The highest BCUT2D eigenvalue weighted by atomic mass is 35.5. The van der Waals surface area contributed by atoms with Crippen LogP contribution in [0.4, 0.5) is 16.2 Å². The number of halogens is 1. The van der Waals surface area contributed by atoms with Crippen molar-refractivity contribution in [3.05, 3.63) is 59.2 Å². The zero-order valence-corrected chi connectivity index (χ0v) is 18.6. The number of amides is 3. The summed E-state index contributed by atoms with van der Waals surface area (Å²) < 4.78 is 5.22. The summed E-state index contributed by atoms with van der Waals surface area (Å²) in [6.45, 7) is 2.38. The van der Waals surface area contributed by atoms with Crippen LogP contribution in [0.3, 0.4) is 0 Å². The Labute approximate surface area is 190 Å². The standard InChI is InChI=1S/C23H24ClN5O3/c1-14-22(21(28-27-14)15-3-9-19(32-2)10-4-15)29-12-11-18(13-20(29)30)26-23(31)25-17-7-5-16(24)6-8-17/h3-10,18H,11-13H2,1-2H3,(H,27,28)(H2,25,26,31)/t18-/m0/s1. The van der Waals surface area contributed by atoms with Gasteiger partial charge in [0.2, 0.25) is 5.91 Å². The highest BCUT2D eigenvalue weighted by Crippen LogP contribution is 2.34. The fraction of sp³-hybridized carbons (Fsp3) is 0.261. The van der Waals surface area contributed by atoms with Gasteiger partial charge in [-0.1, -0.05) is 11.6 Å². The maximum Gasteiger partial charge on any atom is 0.319 e. The van der Waals surface area contributed by atoms with Crippen LogP contribution in [0, 0.1) is 6.92 Å². The van der Waals surface area contributed by atoms with Crippen LogP contribution in [0.25, 0.3) is 11.3 Å². The molecule has 1 aromatic heterocycles. The molecule has 0 spiro atoms. The van der Waals surface area contributed by atoms with Crippen molar-refractivity contribution in [1.29, 1.82) is 0 Å². The molecule has 8 nitrogen and oxygen atoms in total. The van der Waals surface area contributed by atoms with Crippen molar-refractivity contribution in [3.8, 4) is 17.0 Å². The van der Waals surface area contributed by atoms with Crippen LogP contribution in [0.5, 0.6) is 5.75 Å². The first kappa shape index (κ1) is 21.7. The minimum Gasteiger partial charge on any atom is -0.497 e. The van der Waals surface area contributed by atoms with E-state index < -0.39 is 0 Å². The number of H-pyrrole nitrogens is 1. The van der Waals surface area contributed by atoms with Crippen molar-refractivity contribution in [1.82, 2.24) is 15.5 Å². The molecule has 1 aliphatic rings. The van der Waals surface area contributed by atoms with E-state index >= 15 is 0 Å². The number of urea groups is 1. The Bertz CT molecular complexity index is 1110. The summed E-state index contributed by atoms with van der Waals surface area (Å²) in [5.74, 6) is 0.690. The number of ether oxygens (including phenoxy) is 1. The summed E-state index contributed by atoms with van der Waals surface area (Å²) in [5, 5.41) is 13.7. The van der Waals surface area contributed by atoms with E-state index in [1.807, 2.05) is 31.2 Å². The van der Waals surface area contributed by atoms with Crippen LogP contribution in [0.2, 0.25) is 5.02 Å². The summed E-state index contributed by atoms with van der Waals surface area (Å²) in [4.78, 5) is 27.1. The van der Waals surface area contributed by atoms with Gasteiger partial charge < -0.3 is 20.3 Å². The number of carbonyl (C=O) groups is 2. The van der Waals surface area contributed by atoms with Gasteiger partial charge in [-0.2, -0.15) is 5.10 Å². The third-order valence-electron chi connectivity index (χ3n) is 5.41. The van der Waals surface area contributed by atoms with Gasteiger partial charge in [-0.15, -0.1) is 0 Å². The van der Waals surface area contributed by atoms with Crippen molar-refractivity contribution < 1.29 is 14.3 Å². The lowest BCUT2D eigenvalue weighted by molar-refractivity contribution is -0.120. The van der Waals surface area contributed by atoms with Crippen molar-refractivity contribution in [2.24, 2.45) is 0 Å². The second-order valence-electron chi connectivity index (χ2n) is 7.61. The number of nitrogens with zero attached hydrogens (tertiary/aromatic N) is 2. The maximum atomic E-state index is 13.0. The Morgan fingerprint density at radius 2 is 1.91 bits per heavy atom. The van der Waals surface area contributed by atoms with E-state index in [1.165, 1.54) is 0 Å². The molecule has 3 amide bonds. The lowest BCUT2D eigenvalue weighted by Crippen LogP contribution is -2.49. The number of aromatic amines is 1. The fourth-order valence-electron chi connectivity index (χ4n) is 3.78. The van der Waals surface area contributed by atoms with Crippen LogP contribution in [0.1, 0.15) is 18.5 Å². The first-order valence-electron chi connectivity index (χ1n) is 10.3. The molecule has 2 aromatic carbocycles. The number of methoxy groups -OCH3 is 1. The van der Waals surface area contributed by atoms with Crippen molar-refractivity contribution in [2.75, 3.05) is 23.9 Å². The van der Waals surface area contributed by atoms with E-state index in [4.69, 9.17) is 16.3 Å². The predicted molar refractivity (Wildman–Crippen MR) is 124 cm³/mol. The first-order chi connectivity index (χ1) is 15.4. The molecule has 0 unspecified atom stereocenters. The smallest absolute Gasteiger partial charge is 0.319 e. The number of rotatable bonds is 5. The molecule has 3 aromatic rings. The average Bonchev–Trinajstić information content (AvgIpc) is 3.16. The fourth-order valence-corrected chi connectivity index (χ4v) is 3.91. The summed E-state index contributed by atoms with van der Waals surface area (Å²) >= 11 is 5.87. The van der Waals surface area contributed by atoms with Crippen molar-refractivity contribution >= 4 is 34.9 Å². The van der Waals surface area contributed by atoms with Gasteiger partial charge in [0.25, 0.3) is 0 Å². The number of piperidine rings is 1. The van der Waals surface area contributed by atoms with E-state index in [0.717, 1.165) is 22.7 Å². The molecule has 0 radical (unpaired) electrons. The first-order valence-corrected chi connectivity index (χ1v) is 10.6. The Morgan fingerprint density at radius 3 is 2.56 bits per heavy atom. The SMILES string of the molecule is COc1ccc(-c2n[nH]c(C)c2N2CC[C@H](NC(=O)Nc3ccc(Cl)cc3)CC2=O)cc1. The van der Waals surface area contributed by atoms with Crippen LogP contribution in [-0.2, 0) is 4.79 Å². The molecule has 9 heteroatoms. The Balaban J connectivity index is 1.42. The zero-order valence-electron chi connectivity index (χ0n) is 17.8. The highest BCUT2D eigenvalue weighted by Gasteiger charge is 2.31. The summed E-state index contributed by atoms with van der Waals surface area (Å²) in [6, 6.07) is 13.8. The van der Waals surface area contributed by atoms with Gasteiger partial charge in [-0.3, -0.25) is 9.89 Å². The molecule has 1 saturated heterocycles. The van der Waals surface area contributed by atoms with Crippen molar-refractivity contribution in [3.63, 3.8) is 0 Å². The molecular formula is C23H24ClN5O3. The Morgan fingerprint density at radius 1 is 1.19 bits per heavy atom. The molecule has 2 heterocycles. The van der Waals surface area contributed by atoms with Gasteiger partial charge >= 0.3 is 6.03 Å². The topological polar surface area (TPSA) is 99.3 Å². The molecule has 32 heavy (non-hydrogen) atoms. The summed E-state index contributed by atoms with van der Waals surface area (Å²) in [7, 11) is 1.62. The number of benzene rings is 2. The average molecular weight is 454 g/mol. The lowest BCUT2D eigenvalue weighted by atomic mass is 10.0.